The Morgan fingerprint density at radius 1 is 1.14 bits per heavy atom. The summed E-state index contributed by atoms with van der Waals surface area (Å²) < 4.78 is 0. The lowest BCUT2D eigenvalue weighted by Gasteiger charge is -2.29. The zero-order valence-corrected chi connectivity index (χ0v) is 17.9. The maximum atomic E-state index is 12.9. The summed E-state index contributed by atoms with van der Waals surface area (Å²) in [7, 11) is 0. The highest BCUT2D eigenvalue weighted by atomic mass is 32.1. The van der Waals surface area contributed by atoms with Crippen LogP contribution < -0.4 is 16.0 Å². The van der Waals surface area contributed by atoms with Crippen LogP contribution in [0.5, 0.6) is 0 Å². The lowest BCUT2D eigenvalue weighted by Crippen LogP contribution is -2.57. The summed E-state index contributed by atoms with van der Waals surface area (Å²) in [4.78, 5) is 51.1. The first-order valence-electron chi connectivity index (χ1n) is 10.2. The highest BCUT2D eigenvalue weighted by molar-refractivity contribution is 7.80. The van der Waals surface area contributed by atoms with Gasteiger partial charge < -0.3 is 26.0 Å². The quantitative estimate of drug-likeness (QED) is 0.323. The van der Waals surface area contributed by atoms with E-state index in [1.165, 1.54) is 0 Å². The van der Waals surface area contributed by atoms with Crippen molar-refractivity contribution in [3.63, 3.8) is 0 Å². The fraction of sp³-hybridized carbons (Fsp3) is 0.789. The van der Waals surface area contributed by atoms with Crippen molar-refractivity contribution in [1.29, 1.82) is 0 Å². The van der Waals surface area contributed by atoms with Crippen molar-refractivity contribution < 1.29 is 24.3 Å². The molecule has 2 heterocycles. The Morgan fingerprint density at radius 2 is 1.86 bits per heavy atom. The molecule has 4 N–H and O–H groups in total. The molecule has 0 radical (unpaired) electrons. The molecule has 4 atom stereocenters. The van der Waals surface area contributed by atoms with E-state index in [-0.39, 0.29) is 29.5 Å². The minimum absolute atomic E-state index is 0.0529. The van der Waals surface area contributed by atoms with Crippen LogP contribution in [-0.2, 0) is 19.2 Å². The Bertz CT molecular complexity index is 624. The molecule has 10 heteroatoms. The van der Waals surface area contributed by atoms with Crippen molar-refractivity contribution in [3.05, 3.63) is 0 Å². The van der Waals surface area contributed by atoms with E-state index in [2.05, 4.69) is 28.6 Å². The van der Waals surface area contributed by atoms with Gasteiger partial charge in [0.25, 0.3) is 0 Å². The molecule has 0 saturated carbocycles. The second-order valence-corrected chi connectivity index (χ2v) is 8.48. The number of thiol groups is 1. The molecule has 2 fully saturated rings. The predicted octanol–water partition coefficient (Wildman–Crippen LogP) is -0.240. The standard InChI is InChI=1S/C19H32N4O5S/c1-11(2)9-13(16(24)22-14(10-29)19(27)28)21-17(25)15-6-4-8-23(15)18(26)12-5-3-7-20-12/h11-15,20,29H,3-10H2,1-2H3,(H,21,25)(H,22,24)(H,27,28). The van der Waals surface area contributed by atoms with Gasteiger partial charge in [0.05, 0.1) is 6.04 Å². The molecule has 0 aliphatic carbocycles. The average Bonchev–Trinajstić information content (AvgIpc) is 3.35. The molecule has 2 aliphatic heterocycles. The lowest BCUT2D eigenvalue weighted by atomic mass is 10.0. The Kier molecular flexibility index (Phi) is 8.76. The van der Waals surface area contributed by atoms with Gasteiger partial charge >= 0.3 is 5.97 Å². The Hall–Kier alpha value is -1.81. The molecule has 4 unspecified atom stereocenters. The minimum Gasteiger partial charge on any atom is -0.480 e. The Balaban J connectivity index is 2.04. The average molecular weight is 429 g/mol. The number of carbonyl (C=O) groups excluding carboxylic acids is 3. The topological polar surface area (TPSA) is 128 Å². The fourth-order valence-corrected chi connectivity index (χ4v) is 4.07. The van der Waals surface area contributed by atoms with Crippen molar-refractivity contribution in [1.82, 2.24) is 20.9 Å². The van der Waals surface area contributed by atoms with Crippen LogP contribution in [0.1, 0.15) is 46.0 Å². The predicted molar refractivity (Wildman–Crippen MR) is 111 cm³/mol. The molecule has 0 spiro atoms. The third kappa shape index (κ3) is 6.33. The number of amides is 3. The number of hydrogen-bond acceptors (Lipinski definition) is 6. The van der Waals surface area contributed by atoms with Gasteiger partial charge in [0, 0.05) is 12.3 Å². The van der Waals surface area contributed by atoms with Crippen molar-refractivity contribution in [3.8, 4) is 0 Å². The van der Waals surface area contributed by atoms with Crippen LogP contribution in [0.15, 0.2) is 0 Å². The zero-order valence-electron chi connectivity index (χ0n) is 17.0. The Morgan fingerprint density at radius 3 is 2.41 bits per heavy atom. The number of hydrogen-bond donors (Lipinski definition) is 5. The van der Waals surface area contributed by atoms with Crippen LogP contribution in [-0.4, -0.2) is 76.7 Å². The summed E-state index contributed by atoms with van der Waals surface area (Å²) in [6, 6.07) is -2.85. The number of nitrogens with one attached hydrogen (secondary N) is 3. The van der Waals surface area contributed by atoms with Gasteiger partial charge in [-0.2, -0.15) is 12.6 Å². The van der Waals surface area contributed by atoms with E-state index in [1.54, 1.807) is 4.90 Å². The first kappa shape index (κ1) is 23.5. The number of rotatable bonds is 9. The van der Waals surface area contributed by atoms with Crippen LogP contribution in [0.25, 0.3) is 0 Å². The zero-order chi connectivity index (χ0) is 21.6. The highest BCUT2D eigenvalue weighted by Gasteiger charge is 2.39. The van der Waals surface area contributed by atoms with Crippen molar-refractivity contribution in [2.75, 3.05) is 18.8 Å². The van der Waals surface area contributed by atoms with Gasteiger partial charge in [-0.15, -0.1) is 0 Å². The molecule has 0 aromatic rings. The molecule has 9 nitrogen and oxygen atoms in total. The van der Waals surface area contributed by atoms with E-state index in [9.17, 15) is 19.2 Å². The number of carbonyl (C=O) groups is 4. The molecule has 29 heavy (non-hydrogen) atoms. The SMILES string of the molecule is CC(C)CC(NC(=O)C1CCCN1C(=O)C1CCCN1)C(=O)NC(CS)C(=O)O. The van der Waals surface area contributed by atoms with Crippen molar-refractivity contribution >= 4 is 36.3 Å². The minimum atomic E-state index is -1.18. The molecule has 0 aromatic heterocycles. The molecule has 3 amide bonds. The summed E-state index contributed by atoms with van der Waals surface area (Å²) >= 11 is 3.95. The van der Waals surface area contributed by atoms with Gasteiger partial charge in [-0.05, 0) is 44.6 Å². The van der Waals surface area contributed by atoms with E-state index in [0.717, 1.165) is 25.8 Å². The monoisotopic (exact) mass is 428 g/mol. The maximum absolute atomic E-state index is 12.9. The van der Waals surface area contributed by atoms with Crippen LogP contribution in [0, 0.1) is 5.92 Å². The first-order chi connectivity index (χ1) is 13.7. The van der Waals surface area contributed by atoms with Gasteiger partial charge in [0.2, 0.25) is 17.7 Å². The van der Waals surface area contributed by atoms with E-state index < -0.39 is 30.0 Å². The van der Waals surface area contributed by atoms with Crippen LogP contribution in [0.2, 0.25) is 0 Å². The summed E-state index contributed by atoms with van der Waals surface area (Å²) in [5.41, 5.74) is 0. The van der Waals surface area contributed by atoms with Crippen LogP contribution in [0.4, 0.5) is 0 Å². The normalized spacial score (nSPS) is 23.7. The van der Waals surface area contributed by atoms with Gasteiger partial charge in [-0.25, -0.2) is 4.79 Å². The van der Waals surface area contributed by atoms with Gasteiger partial charge in [0.1, 0.15) is 18.1 Å². The molecule has 0 aromatic carbocycles. The maximum Gasteiger partial charge on any atom is 0.327 e. The van der Waals surface area contributed by atoms with E-state index in [4.69, 9.17) is 5.11 Å². The summed E-state index contributed by atoms with van der Waals surface area (Å²) in [6.07, 6.45) is 3.35. The number of likely N-dealkylation sites (tertiary alicyclic amines) is 1. The van der Waals surface area contributed by atoms with Crippen LogP contribution >= 0.6 is 12.6 Å². The smallest absolute Gasteiger partial charge is 0.327 e. The summed E-state index contributed by atoms with van der Waals surface area (Å²) in [5.74, 6) is -2.11. The third-order valence-electron chi connectivity index (χ3n) is 5.33. The molecule has 2 saturated heterocycles. The second kappa shape index (κ2) is 10.8. The first-order valence-corrected chi connectivity index (χ1v) is 10.9. The molecule has 0 bridgehead atoms. The summed E-state index contributed by atoms with van der Waals surface area (Å²) in [6.45, 7) is 5.15. The molecule has 164 valence electrons. The van der Waals surface area contributed by atoms with E-state index in [1.807, 2.05) is 13.8 Å². The number of carboxylic acid groups (broad SMARTS) is 1. The van der Waals surface area contributed by atoms with Gasteiger partial charge in [-0.3, -0.25) is 14.4 Å². The highest BCUT2D eigenvalue weighted by Crippen LogP contribution is 2.21. The molecular formula is C19H32N4O5S. The Labute approximate surface area is 176 Å². The van der Waals surface area contributed by atoms with Crippen molar-refractivity contribution in [2.45, 2.75) is 70.1 Å². The number of aliphatic carboxylic acids is 1. The van der Waals surface area contributed by atoms with Crippen LogP contribution in [0.3, 0.4) is 0 Å². The molecular weight excluding hydrogens is 396 g/mol. The van der Waals surface area contributed by atoms with Gasteiger partial charge in [-0.1, -0.05) is 13.8 Å². The van der Waals surface area contributed by atoms with E-state index in [0.29, 0.717) is 19.4 Å². The molecule has 2 aliphatic rings. The molecule has 2 rings (SSSR count). The summed E-state index contributed by atoms with van der Waals surface area (Å²) in [5, 5.41) is 17.5. The van der Waals surface area contributed by atoms with Crippen molar-refractivity contribution in [2.24, 2.45) is 5.92 Å². The largest absolute Gasteiger partial charge is 0.480 e. The fourth-order valence-electron chi connectivity index (χ4n) is 3.83. The van der Waals surface area contributed by atoms with Gasteiger partial charge in [0.15, 0.2) is 0 Å². The second-order valence-electron chi connectivity index (χ2n) is 8.11. The third-order valence-corrected chi connectivity index (χ3v) is 5.70. The number of nitrogens with zero attached hydrogens (tertiary/aromatic N) is 1. The lowest BCUT2D eigenvalue weighted by molar-refractivity contribution is -0.142. The van der Waals surface area contributed by atoms with E-state index >= 15 is 0 Å². The number of carboxylic acids is 1.